The summed E-state index contributed by atoms with van der Waals surface area (Å²) in [6, 6.07) is 6.20. The Labute approximate surface area is 150 Å². The first kappa shape index (κ1) is 17.8. The van der Waals surface area contributed by atoms with Crippen LogP contribution in [0.1, 0.15) is 28.2 Å². The Morgan fingerprint density at radius 3 is 2.92 bits per heavy atom. The van der Waals surface area contributed by atoms with Gasteiger partial charge in [0.1, 0.15) is 17.5 Å². The van der Waals surface area contributed by atoms with E-state index in [-0.39, 0.29) is 23.1 Å². The molecule has 2 N–H and O–H groups in total. The molecule has 3 rings (SSSR count). The number of nitrogens with one attached hydrogen (secondary N) is 2. The van der Waals surface area contributed by atoms with Gasteiger partial charge >= 0.3 is 0 Å². The van der Waals surface area contributed by atoms with Crippen LogP contribution in [0.4, 0.5) is 0 Å². The molecule has 2 aliphatic rings. The van der Waals surface area contributed by atoms with Gasteiger partial charge in [-0.05, 0) is 18.6 Å². The lowest BCUT2D eigenvalue weighted by molar-refractivity contribution is -0.130. The fourth-order valence-corrected chi connectivity index (χ4v) is 4.51. The van der Waals surface area contributed by atoms with Gasteiger partial charge in [0, 0.05) is 25.0 Å². The Balaban J connectivity index is 1.63. The maximum absolute atomic E-state index is 12.6. The molecule has 3 atom stereocenters. The van der Waals surface area contributed by atoms with Crippen LogP contribution in [-0.4, -0.2) is 60.7 Å². The van der Waals surface area contributed by atoms with E-state index in [0.29, 0.717) is 24.5 Å². The largest absolute Gasteiger partial charge is 0.383 e. The molecular weight excluding hydrogens is 342 g/mol. The van der Waals surface area contributed by atoms with Crippen molar-refractivity contribution in [2.45, 2.75) is 24.4 Å². The molecular formula is C17H21N3O4S. The van der Waals surface area contributed by atoms with Gasteiger partial charge in [0.2, 0.25) is 11.8 Å². The predicted molar refractivity (Wildman–Crippen MR) is 94.1 cm³/mol. The lowest BCUT2D eigenvalue weighted by atomic mass is 10.1. The van der Waals surface area contributed by atoms with Crippen molar-refractivity contribution in [3.05, 3.63) is 35.4 Å². The van der Waals surface area contributed by atoms with Crippen molar-refractivity contribution in [3.8, 4) is 0 Å². The van der Waals surface area contributed by atoms with Crippen molar-refractivity contribution >= 4 is 29.5 Å². The third-order valence-corrected chi connectivity index (χ3v) is 5.66. The van der Waals surface area contributed by atoms with Crippen LogP contribution in [0.2, 0.25) is 0 Å². The van der Waals surface area contributed by atoms with Gasteiger partial charge in [-0.25, -0.2) is 0 Å². The molecule has 0 bridgehead atoms. The van der Waals surface area contributed by atoms with Crippen molar-refractivity contribution in [3.63, 3.8) is 0 Å². The molecule has 0 aromatic heterocycles. The van der Waals surface area contributed by atoms with Crippen LogP contribution in [-0.2, 0) is 14.3 Å². The number of carbonyl (C=O) groups excluding carboxylic acids is 3. The summed E-state index contributed by atoms with van der Waals surface area (Å²) in [5.41, 5.74) is 1.61. The van der Waals surface area contributed by atoms with Crippen LogP contribution in [0.3, 0.4) is 0 Å². The molecule has 0 radical (unpaired) electrons. The Morgan fingerprint density at radius 2 is 2.16 bits per heavy atom. The molecule has 1 saturated heterocycles. The van der Waals surface area contributed by atoms with Gasteiger partial charge < -0.3 is 20.3 Å². The van der Waals surface area contributed by atoms with Crippen LogP contribution in [0, 0.1) is 0 Å². The molecule has 0 spiro atoms. The molecule has 1 aromatic rings. The monoisotopic (exact) mass is 363 g/mol. The summed E-state index contributed by atoms with van der Waals surface area (Å²) in [4.78, 5) is 38.8. The molecule has 8 heteroatoms. The number of amides is 3. The summed E-state index contributed by atoms with van der Waals surface area (Å²) in [6.45, 7) is 2.42. The number of benzene rings is 1. The van der Waals surface area contributed by atoms with E-state index in [0.717, 1.165) is 5.56 Å². The fourth-order valence-electron chi connectivity index (χ4n) is 3.05. The standard InChI is InChI=1S/C17H21N3O4S/c1-10(14(21)18-7-8-24-2)19-15(22)13-9-25-17-12-6-4-3-5-11(12)16(23)20(13)17/h3-6,10,13,17H,7-9H2,1-2H3,(H,18,21)(H,19,22). The van der Waals surface area contributed by atoms with E-state index in [9.17, 15) is 14.4 Å². The molecule has 25 heavy (non-hydrogen) atoms. The van der Waals surface area contributed by atoms with Crippen molar-refractivity contribution < 1.29 is 19.1 Å². The molecule has 1 aromatic carbocycles. The number of rotatable bonds is 6. The van der Waals surface area contributed by atoms with Crippen molar-refractivity contribution in [2.24, 2.45) is 0 Å². The number of carbonyl (C=O) groups is 3. The molecule has 3 amide bonds. The van der Waals surface area contributed by atoms with Gasteiger partial charge in [0.05, 0.1) is 6.61 Å². The van der Waals surface area contributed by atoms with Gasteiger partial charge in [0.25, 0.3) is 5.91 Å². The zero-order valence-electron chi connectivity index (χ0n) is 14.2. The molecule has 0 saturated carbocycles. The van der Waals surface area contributed by atoms with Crippen molar-refractivity contribution in [2.75, 3.05) is 26.0 Å². The topological polar surface area (TPSA) is 87.7 Å². The smallest absolute Gasteiger partial charge is 0.256 e. The van der Waals surface area contributed by atoms with E-state index in [1.54, 1.807) is 36.8 Å². The Morgan fingerprint density at radius 1 is 1.40 bits per heavy atom. The minimum atomic E-state index is -0.673. The SMILES string of the molecule is COCCNC(=O)C(C)NC(=O)C1CSC2c3ccccc3C(=O)N12. The van der Waals surface area contributed by atoms with Crippen molar-refractivity contribution in [1.29, 1.82) is 0 Å². The van der Waals surface area contributed by atoms with Crippen LogP contribution in [0.15, 0.2) is 24.3 Å². The van der Waals surface area contributed by atoms with Gasteiger partial charge in [-0.2, -0.15) is 0 Å². The number of nitrogens with zero attached hydrogens (tertiary/aromatic N) is 1. The summed E-state index contributed by atoms with van der Waals surface area (Å²) in [5, 5.41) is 5.27. The number of hydrogen-bond donors (Lipinski definition) is 2. The minimum absolute atomic E-state index is 0.120. The van der Waals surface area contributed by atoms with Crippen LogP contribution in [0.5, 0.6) is 0 Å². The first-order valence-corrected chi connectivity index (χ1v) is 9.19. The van der Waals surface area contributed by atoms with E-state index in [2.05, 4.69) is 10.6 Å². The zero-order valence-corrected chi connectivity index (χ0v) is 15.0. The predicted octanol–water partition coefficient (Wildman–Crippen LogP) is 0.524. The van der Waals surface area contributed by atoms with Crippen molar-refractivity contribution in [1.82, 2.24) is 15.5 Å². The Kier molecular flexibility index (Phi) is 5.29. The van der Waals surface area contributed by atoms with E-state index >= 15 is 0 Å². The molecule has 134 valence electrons. The Hall–Kier alpha value is -2.06. The molecule has 3 unspecified atom stereocenters. The summed E-state index contributed by atoms with van der Waals surface area (Å²) >= 11 is 1.58. The maximum atomic E-state index is 12.6. The lowest BCUT2D eigenvalue weighted by Gasteiger charge is -2.24. The average Bonchev–Trinajstić information content (AvgIpc) is 3.16. The van der Waals surface area contributed by atoms with Crippen LogP contribution < -0.4 is 10.6 Å². The molecule has 2 heterocycles. The average molecular weight is 363 g/mol. The summed E-state index contributed by atoms with van der Waals surface area (Å²) in [6.07, 6.45) is 0. The van der Waals surface area contributed by atoms with E-state index < -0.39 is 12.1 Å². The van der Waals surface area contributed by atoms with Gasteiger partial charge in [-0.15, -0.1) is 11.8 Å². The Bertz CT molecular complexity index is 696. The van der Waals surface area contributed by atoms with E-state index in [1.165, 1.54) is 0 Å². The second-order valence-corrected chi connectivity index (χ2v) is 7.13. The highest BCUT2D eigenvalue weighted by atomic mass is 32.2. The second kappa shape index (κ2) is 7.45. The number of fused-ring (bicyclic) bond motifs is 3. The molecule has 2 aliphatic heterocycles. The van der Waals surface area contributed by atoms with Crippen LogP contribution >= 0.6 is 11.8 Å². The lowest BCUT2D eigenvalue weighted by Crippen LogP contribution is -2.52. The van der Waals surface area contributed by atoms with Gasteiger partial charge in [-0.3, -0.25) is 14.4 Å². The minimum Gasteiger partial charge on any atom is -0.383 e. The molecule has 0 aliphatic carbocycles. The number of thioether (sulfide) groups is 1. The first-order chi connectivity index (χ1) is 12.0. The van der Waals surface area contributed by atoms with Gasteiger partial charge in [-0.1, -0.05) is 18.2 Å². The summed E-state index contributed by atoms with van der Waals surface area (Å²) in [7, 11) is 1.55. The highest BCUT2D eigenvalue weighted by molar-refractivity contribution is 7.99. The fraction of sp³-hybridized carbons (Fsp3) is 0.471. The highest BCUT2D eigenvalue weighted by Crippen LogP contribution is 2.47. The number of methoxy groups -OCH3 is 1. The highest BCUT2D eigenvalue weighted by Gasteiger charge is 2.48. The third kappa shape index (κ3) is 3.36. The molecule has 7 nitrogen and oxygen atoms in total. The van der Waals surface area contributed by atoms with Gasteiger partial charge in [0.15, 0.2) is 0 Å². The number of ether oxygens (including phenoxy) is 1. The molecule has 1 fully saturated rings. The third-order valence-electron chi connectivity index (χ3n) is 4.35. The van der Waals surface area contributed by atoms with Crippen LogP contribution in [0.25, 0.3) is 0 Å². The van der Waals surface area contributed by atoms with E-state index in [1.807, 2.05) is 18.2 Å². The van der Waals surface area contributed by atoms with E-state index in [4.69, 9.17) is 4.74 Å². The number of hydrogen-bond acceptors (Lipinski definition) is 5. The quantitative estimate of drug-likeness (QED) is 0.720. The zero-order chi connectivity index (χ0) is 18.0. The summed E-state index contributed by atoms with van der Waals surface area (Å²) < 4.78 is 4.88. The first-order valence-electron chi connectivity index (χ1n) is 8.14. The normalized spacial score (nSPS) is 22.3. The summed E-state index contributed by atoms with van der Waals surface area (Å²) in [5.74, 6) is -0.175. The maximum Gasteiger partial charge on any atom is 0.256 e. The second-order valence-electron chi connectivity index (χ2n) is 6.02.